The van der Waals surface area contributed by atoms with Crippen molar-refractivity contribution in [3.05, 3.63) is 24.0 Å². The van der Waals surface area contributed by atoms with Gasteiger partial charge in [0.1, 0.15) is 6.04 Å². The number of piperazine rings is 1. The molecule has 1 aliphatic rings. The molecule has 1 saturated heterocycles. The molecule has 0 aromatic carbocycles. The fraction of sp³-hybridized carbons (Fsp3) is 0.545. The molecule has 0 unspecified atom stereocenters. The van der Waals surface area contributed by atoms with Gasteiger partial charge in [-0.3, -0.25) is 9.69 Å². The molecule has 0 radical (unpaired) electrons. The van der Waals surface area contributed by atoms with E-state index in [1.807, 2.05) is 30.2 Å². The van der Waals surface area contributed by atoms with Crippen molar-refractivity contribution >= 4 is 5.97 Å². The Balaban J connectivity index is 2.14. The second kappa shape index (κ2) is 4.67. The number of nitrogens with zero attached hydrogens (tertiary/aromatic N) is 1. The average Bonchev–Trinajstić information content (AvgIpc) is 2.81. The zero-order valence-electron chi connectivity index (χ0n) is 9.31. The molecule has 0 saturated carbocycles. The molecule has 5 heteroatoms. The highest BCUT2D eigenvalue weighted by molar-refractivity contribution is 5.74. The minimum absolute atomic E-state index is 0.109. The van der Waals surface area contributed by atoms with Crippen LogP contribution in [0.5, 0.6) is 0 Å². The summed E-state index contributed by atoms with van der Waals surface area (Å²) in [5, 5.41) is 12.3. The van der Waals surface area contributed by atoms with Gasteiger partial charge in [0.2, 0.25) is 0 Å². The van der Waals surface area contributed by atoms with E-state index in [0.717, 1.165) is 18.8 Å². The van der Waals surface area contributed by atoms with Crippen LogP contribution < -0.4 is 5.32 Å². The number of aromatic nitrogens is 1. The van der Waals surface area contributed by atoms with E-state index in [1.54, 1.807) is 0 Å². The Bertz CT molecular complexity index is 350. The number of hydrogen-bond donors (Lipinski definition) is 3. The van der Waals surface area contributed by atoms with E-state index in [-0.39, 0.29) is 6.04 Å². The predicted molar refractivity (Wildman–Crippen MR) is 60.2 cm³/mol. The van der Waals surface area contributed by atoms with Crippen molar-refractivity contribution < 1.29 is 9.90 Å². The van der Waals surface area contributed by atoms with E-state index in [2.05, 4.69) is 10.3 Å². The minimum Gasteiger partial charge on any atom is -0.480 e. The topological polar surface area (TPSA) is 68.4 Å². The normalized spacial score (nSPS) is 24.2. The summed E-state index contributed by atoms with van der Waals surface area (Å²) in [5.74, 6) is -0.759. The van der Waals surface area contributed by atoms with Crippen LogP contribution in [0.15, 0.2) is 18.3 Å². The van der Waals surface area contributed by atoms with Gasteiger partial charge in [0.15, 0.2) is 0 Å². The first-order valence-electron chi connectivity index (χ1n) is 5.52. The maximum atomic E-state index is 11.1. The average molecular weight is 223 g/mol. The van der Waals surface area contributed by atoms with Crippen LogP contribution in [0, 0.1) is 0 Å². The highest BCUT2D eigenvalue weighted by Crippen LogP contribution is 2.21. The van der Waals surface area contributed by atoms with Crippen LogP contribution in [-0.2, 0) is 4.79 Å². The van der Waals surface area contributed by atoms with Crippen molar-refractivity contribution in [1.82, 2.24) is 15.2 Å². The van der Waals surface area contributed by atoms with Crippen LogP contribution in [0.1, 0.15) is 18.7 Å². The molecule has 3 N–H and O–H groups in total. The first kappa shape index (κ1) is 11.2. The molecule has 88 valence electrons. The van der Waals surface area contributed by atoms with Crippen LogP contribution in [0.3, 0.4) is 0 Å². The summed E-state index contributed by atoms with van der Waals surface area (Å²) in [4.78, 5) is 16.3. The van der Waals surface area contributed by atoms with E-state index in [9.17, 15) is 4.79 Å². The smallest absolute Gasteiger partial charge is 0.322 e. The van der Waals surface area contributed by atoms with Crippen LogP contribution in [-0.4, -0.2) is 46.6 Å². The summed E-state index contributed by atoms with van der Waals surface area (Å²) < 4.78 is 0. The number of H-pyrrole nitrogens is 1. The third-order valence-corrected chi connectivity index (χ3v) is 3.14. The van der Waals surface area contributed by atoms with Crippen molar-refractivity contribution in [3.63, 3.8) is 0 Å². The summed E-state index contributed by atoms with van der Waals surface area (Å²) >= 11 is 0. The van der Waals surface area contributed by atoms with Gasteiger partial charge < -0.3 is 15.4 Å². The van der Waals surface area contributed by atoms with Crippen molar-refractivity contribution in [2.24, 2.45) is 0 Å². The van der Waals surface area contributed by atoms with Crippen molar-refractivity contribution in [2.75, 3.05) is 19.6 Å². The molecule has 1 fully saturated rings. The standard InChI is InChI=1S/C11H17N3O2/c1-8(9-3-2-4-13-9)14-6-5-12-7-10(14)11(15)16/h2-4,8,10,12-13H,5-7H2,1H3,(H,15,16)/t8-,10+/m1/s1. The van der Waals surface area contributed by atoms with Gasteiger partial charge in [0.05, 0.1) is 0 Å². The number of hydrogen-bond acceptors (Lipinski definition) is 3. The lowest BCUT2D eigenvalue weighted by Crippen LogP contribution is -2.55. The molecule has 5 nitrogen and oxygen atoms in total. The maximum absolute atomic E-state index is 11.1. The maximum Gasteiger partial charge on any atom is 0.322 e. The van der Waals surface area contributed by atoms with Gasteiger partial charge in [-0.15, -0.1) is 0 Å². The van der Waals surface area contributed by atoms with Crippen LogP contribution in [0.2, 0.25) is 0 Å². The summed E-state index contributed by atoms with van der Waals surface area (Å²) in [6.07, 6.45) is 1.86. The third-order valence-electron chi connectivity index (χ3n) is 3.14. The quantitative estimate of drug-likeness (QED) is 0.695. The number of aliphatic carboxylic acids is 1. The molecule has 2 atom stereocenters. The van der Waals surface area contributed by atoms with E-state index in [4.69, 9.17) is 5.11 Å². The molecule has 0 bridgehead atoms. The van der Waals surface area contributed by atoms with Gasteiger partial charge in [0.25, 0.3) is 0 Å². The largest absolute Gasteiger partial charge is 0.480 e. The molecule has 1 aliphatic heterocycles. The lowest BCUT2D eigenvalue weighted by molar-refractivity contribution is -0.145. The second-order valence-electron chi connectivity index (χ2n) is 4.10. The minimum atomic E-state index is -0.759. The van der Waals surface area contributed by atoms with E-state index >= 15 is 0 Å². The second-order valence-corrected chi connectivity index (χ2v) is 4.10. The molecule has 16 heavy (non-hydrogen) atoms. The van der Waals surface area contributed by atoms with Crippen LogP contribution >= 0.6 is 0 Å². The third kappa shape index (κ3) is 2.10. The van der Waals surface area contributed by atoms with Crippen molar-refractivity contribution in [3.8, 4) is 0 Å². The molecular weight excluding hydrogens is 206 g/mol. The molecule has 2 rings (SSSR count). The number of nitrogens with one attached hydrogen (secondary N) is 2. The predicted octanol–water partition coefficient (Wildman–Crippen LogP) is 0.434. The highest BCUT2D eigenvalue weighted by Gasteiger charge is 2.32. The van der Waals surface area contributed by atoms with Gasteiger partial charge in [-0.1, -0.05) is 0 Å². The Morgan fingerprint density at radius 3 is 3.12 bits per heavy atom. The van der Waals surface area contributed by atoms with E-state index < -0.39 is 12.0 Å². The van der Waals surface area contributed by atoms with Gasteiger partial charge in [-0.05, 0) is 19.1 Å². The Labute approximate surface area is 94.5 Å². The van der Waals surface area contributed by atoms with Crippen LogP contribution in [0.25, 0.3) is 0 Å². The SMILES string of the molecule is C[C@H](c1ccc[nH]1)N1CCNC[C@H]1C(=O)O. The number of rotatable bonds is 3. The molecular formula is C11H17N3O2. The fourth-order valence-electron chi connectivity index (χ4n) is 2.20. The first-order valence-corrected chi connectivity index (χ1v) is 5.52. The lowest BCUT2D eigenvalue weighted by atomic mass is 10.1. The summed E-state index contributed by atoms with van der Waals surface area (Å²) in [6.45, 7) is 4.15. The van der Waals surface area contributed by atoms with Gasteiger partial charge in [-0.2, -0.15) is 0 Å². The Hall–Kier alpha value is -1.33. The fourth-order valence-corrected chi connectivity index (χ4v) is 2.20. The zero-order chi connectivity index (χ0) is 11.5. The van der Waals surface area contributed by atoms with Gasteiger partial charge in [0, 0.05) is 37.6 Å². The number of aromatic amines is 1. The molecule has 1 aromatic heterocycles. The van der Waals surface area contributed by atoms with E-state index in [1.165, 1.54) is 0 Å². The Kier molecular flexibility index (Phi) is 3.26. The summed E-state index contributed by atoms with van der Waals surface area (Å²) in [5.41, 5.74) is 1.06. The van der Waals surface area contributed by atoms with Gasteiger partial charge in [-0.25, -0.2) is 0 Å². The summed E-state index contributed by atoms with van der Waals surface area (Å²) in [7, 11) is 0. The zero-order valence-corrected chi connectivity index (χ0v) is 9.31. The van der Waals surface area contributed by atoms with Crippen molar-refractivity contribution in [2.45, 2.75) is 19.0 Å². The van der Waals surface area contributed by atoms with Crippen molar-refractivity contribution in [1.29, 1.82) is 0 Å². The van der Waals surface area contributed by atoms with Crippen LogP contribution in [0.4, 0.5) is 0 Å². The van der Waals surface area contributed by atoms with E-state index in [0.29, 0.717) is 6.54 Å². The van der Waals surface area contributed by atoms with Gasteiger partial charge >= 0.3 is 5.97 Å². The number of carbonyl (C=O) groups is 1. The molecule has 2 heterocycles. The monoisotopic (exact) mass is 223 g/mol. The molecule has 0 spiro atoms. The summed E-state index contributed by atoms with van der Waals surface area (Å²) in [6, 6.07) is 3.60. The Morgan fingerprint density at radius 2 is 2.50 bits per heavy atom. The number of carboxylic acids is 1. The Morgan fingerprint density at radius 1 is 1.69 bits per heavy atom. The molecule has 0 amide bonds. The number of carboxylic acid groups (broad SMARTS) is 1. The highest BCUT2D eigenvalue weighted by atomic mass is 16.4. The molecule has 1 aromatic rings. The lowest BCUT2D eigenvalue weighted by Gasteiger charge is -2.37. The molecule has 0 aliphatic carbocycles. The first-order chi connectivity index (χ1) is 7.70.